The summed E-state index contributed by atoms with van der Waals surface area (Å²) in [5, 5.41) is 15.4. The van der Waals surface area contributed by atoms with E-state index in [4.69, 9.17) is 0 Å². The smallest absolute Gasteiger partial charge is 0.221 e. The van der Waals surface area contributed by atoms with E-state index in [9.17, 15) is 18.3 Å². The lowest BCUT2D eigenvalue weighted by Crippen LogP contribution is -2.49. The van der Waals surface area contributed by atoms with Crippen LogP contribution in [0, 0.1) is 5.92 Å². The number of sulfone groups is 1. The minimum absolute atomic E-state index is 0.0291. The van der Waals surface area contributed by atoms with Gasteiger partial charge in [-0.3, -0.25) is 4.79 Å². The van der Waals surface area contributed by atoms with Crippen LogP contribution in [0.1, 0.15) is 32.1 Å². The van der Waals surface area contributed by atoms with Crippen LogP contribution in [0.3, 0.4) is 0 Å². The minimum atomic E-state index is -3.01. The van der Waals surface area contributed by atoms with Gasteiger partial charge in [-0.15, -0.1) is 0 Å². The van der Waals surface area contributed by atoms with Crippen molar-refractivity contribution in [1.29, 1.82) is 0 Å². The Kier molecular flexibility index (Phi) is 5.40. The summed E-state index contributed by atoms with van der Waals surface area (Å²) in [4.78, 5) is 12.0. The van der Waals surface area contributed by atoms with Gasteiger partial charge in [0.2, 0.25) is 5.91 Å². The Labute approximate surface area is 120 Å². The highest BCUT2D eigenvalue weighted by atomic mass is 32.2. The normalized spacial score (nSPS) is 33.5. The van der Waals surface area contributed by atoms with Gasteiger partial charge in [0.1, 0.15) is 0 Å². The lowest BCUT2D eigenvalue weighted by Gasteiger charge is -2.31. The number of aliphatic hydroxyl groups excluding tert-OH is 1. The van der Waals surface area contributed by atoms with Crippen LogP contribution in [-0.4, -0.2) is 56.2 Å². The van der Waals surface area contributed by atoms with E-state index in [0.717, 1.165) is 25.7 Å². The van der Waals surface area contributed by atoms with Gasteiger partial charge < -0.3 is 15.7 Å². The summed E-state index contributed by atoms with van der Waals surface area (Å²) >= 11 is 0. The number of nitrogens with one attached hydrogen (secondary N) is 2. The molecule has 2 aliphatic rings. The van der Waals surface area contributed by atoms with Gasteiger partial charge >= 0.3 is 0 Å². The molecule has 7 heteroatoms. The van der Waals surface area contributed by atoms with E-state index in [1.165, 1.54) is 0 Å². The summed E-state index contributed by atoms with van der Waals surface area (Å²) in [6.45, 7) is 0.518. The van der Waals surface area contributed by atoms with Crippen LogP contribution >= 0.6 is 0 Å². The quantitative estimate of drug-likeness (QED) is 0.646. The van der Waals surface area contributed by atoms with Gasteiger partial charge in [-0.05, 0) is 12.8 Å². The van der Waals surface area contributed by atoms with E-state index in [1.54, 1.807) is 0 Å². The van der Waals surface area contributed by atoms with Crippen LogP contribution < -0.4 is 10.6 Å². The minimum Gasteiger partial charge on any atom is -0.396 e. The lowest BCUT2D eigenvalue weighted by molar-refractivity contribution is -0.122. The van der Waals surface area contributed by atoms with Crippen molar-refractivity contribution >= 4 is 15.7 Å². The average Bonchev–Trinajstić information content (AvgIpc) is 2.38. The predicted molar refractivity (Wildman–Crippen MR) is 76.0 cm³/mol. The van der Waals surface area contributed by atoms with Gasteiger partial charge in [-0.2, -0.15) is 0 Å². The van der Waals surface area contributed by atoms with Crippen molar-refractivity contribution < 1.29 is 18.3 Å². The number of hydrogen-bond donors (Lipinski definition) is 3. The fraction of sp³-hybridized carbons (Fsp3) is 0.923. The summed E-state index contributed by atoms with van der Waals surface area (Å²) in [5.41, 5.74) is 0. The molecule has 0 spiro atoms. The molecule has 1 aliphatic carbocycles. The highest BCUT2D eigenvalue weighted by Gasteiger charge is 2.29. The van der Waals surface area contributed by atoms with E-state index >= 15 is 0 Å². The lowest BCUT2D eigenvalue weighted by atomic mass is 9.85. The Balaban J connectivity index is 1.82. The second-order valence-electron chi connectivity index (χ2n) is 5.87. The molecule has 0 aromatic carbocycles. The number of hydrogen-bond acceptors (Lipinski definition) is 5. The third kappa shape index (κ3) is 4.43. The Hall–Kier alpha value is -0.660. The predicted octanol–water partition coefficient (Wildman–Crippen LogP) is -0.570. The average molecular weight is 304 g/mol. The Bertz CT molecular complexity index is 438. The standard InChI is InChI=1S/C13H24N2O4S/c16-8-10-3-1-2-4-12(10)15-13(17)7-11-9-20(18,19)6-5-14-11/h10-12,14,16H,1-9H2,(H,15,17). The SMILES string of the molecule is O=C(CC1CS(=O)(=O)CCN1)NC1CCCCC1CO. The zero-order valence-corrected chi connectivity index (χ0v) is 12.5. The summed E-state index contributed by atoms with van der Waals surface area (Å²) in [6.07, 6.45) is 4.19. The molecule has 3 atom stereocenters. The van der Waals surface area contributed by atoms with Crippen molar-refractivity contribution in [2.75, 3.05) is 24.7 Å². The second-order valence-corrected chi connectivity index (χ2v) is 8.10. The van der Waals surface area contributed by atoms with Crippen molar-refractivity contribution in [3.8, 4) is 0 Å². The first-order chi connectivity index (χ1) is 9.50. The first-order valence-corrected chi connectivity index (χ1v) is 9.16. The molecule has 1 aliphatic heterocycles. The maximum Gasteiger partial charge on any atom is 0.221 e. The monoisotopic (exact) mass is 304 g/mol. The summed E-state index contributed by atoms with van der Waals surface area (Å²) in [6, 6.07) is -0.258. The molecule has 2 rings (SSSR count). The van der Waals surface area contributed by atoms with E-state index in [0.29, 0.717) is 6.54 Å². The van der Waals surface area contributed by atoms with Crippen molar-refractivity contribution in [3.05, 3.63) is 0 Å². The molecule has 3 unspecified atom stereocenters. The van der Waals surface area contributed by atoms with Crippen LogP contribution in [0.15, 0.2) is 0 Å². The topological polar surface area (TPSA) is 95.5 Å². The maximum absolute atomic E-state index is 12.0. The van der Waals surface area contributed by atoms with Crippen LogP contribution in [0.4, 0.5) is 0 Å². The van der Waals surface area contributed by atoms with Gasteiger partial charge in [0, 0.05) is 37.6 Å². The second kappa shape index (κ2) is 6.87. The van der Waals surface area contributed by atoms with Gasteiger partial charge in [0.05, 0.1) is 11.5 Å². The van der Waals surface area contributed by atoms with Crippen LogP contribution in [0.25, 0.3) is 0 Å². The van der Waals surface area contributed by atoms with Crippen molar-refractivity contribution in [3.63, 3.8) is 0 Å². The van der Waals surface area contributed by atoms with E-state index < -0.39 is 9.84 Å². The highest BCUT2D eigenvalue weighted by molar-refractivity contribution is 7.91. The Morgan fingerprint density at radius 1 is 1.30 bits per heavy atom. The van der Waals surface area contributed by atoms with Crippen molar-refractivity contribution in [2.45, 2.75) is 44.2 Å². The van der Waals surface area contributed by atoms with Crippen molar-refractivity contribution in [1.82, 2.24) is 10.6 Å². The molecular formula is C13H24N2O4S. The fourth-order valence-electron chi connectivity index (χ4n) is 3.10. The molecule has 3 N–H and O–H groups in total. The molecule has 1 saturated carbocycles. The number of rotatable bonds is 4. The molecule has 1 amide bonds. The van der Waals surface area contributed by atoms with E-state index in [2.05, 4.69) is 10.6 Å². The Morgan fingerprint density at radius 2 is 2.05 bits per heavy atom. The fourth-order valence-corrected chi connectivity index (χ4v) is 4.55. The zero-order valence-electron chi connectivity index (χ0n) is 11.7. The number of amides is 1. The van der Waals surface area contributed by atoms with Crippen LogP contribution in [0.5, 0.6) is 0 Å². The molecule has 1 heterocycles. The Morgan fingerprint density at radius 3 is 2.75 bits per heavy atom. The van der Waals surface area contributed by atoms with Gasteiger partial charge in [-0.25, -0.2) is 8.42 Å². The molecule has 0 aromatic heterocycles. The first kappa shape index (κ1) is 15.7. The summed E-state index contributed by atoms with van der Waals surface area (Å²) in [7, 11) is -3.01. The third-order valence-corrected chi connectivity index (χ3v) is 5.96. The molecule has 2 fully saturated rings. The molecule has 20 heavy (non-hydrogen) atoms. The molecule has 116 valence electrons. The van der Waals surface area contributed by atoms with Gasteiger partial charge in [0.15, 0.2) is 9.84 Å². The number of carbonyl (C=O) groups excluding carboxylic acids is 1. The van der Waals surface area contributed by atoms with E-state index in [-0.39, 0.29) is 48.4 Å². The molecule has 0 radical (unpaired) electrons. The zero-order chi connectivity index (χ0) is 14.6. The summed E-state index contributed by atoms with van der Waals surface area (Å²) in [5.74, 6) is 0.204. The number of aliphatic hydroxyl groups is 1. The molecule has 1 saturated heterocycles. The largest absolute Gasteiger partial charge is 0.396 e. The van der Waals surface area contributed by atoms with Crippen molar-refractivity contribution in [2.24, 2.45) is 5.92 Å². The van der Waals surface area contributed by atoms with Gasteiger partial charge in [0.25, 0.3) is 0 Å². The van der Waals surface area contributed by atoms with Crippen LogP contribution in [0.2, 0.25) is 0 Å². The maximum atomic E-state index is 12.0. The third-order valence-electron chi connectivity index (χ3n) is 4.22. The molecule has 0 bridgehead atoms. The number of carbonyl (C=O) groups is 1. The van der Waals surface area contributed by atoms with Crippen LogP contribution in [-0.2, 0) is 14.6 Å². The summed E-state index contributed by atoms with van der Waals surface area (Å²) < 4.78 is 23.1. The molecular weight excluding hydrogens is 280 g/mol. The molecule has 0 aromatic rings. The first-order valence-electron chi connectivity index (χ1n) is 7.34. The van der Waals surface area contributed by atoms with E-state index in [1.807, 2.05) is 0 Å². The molecule has 6 nitrogen and oxygen atoms in total. The highest BCUT2D eigenvalue weighted by Crippen LogP contribution is 2.24. The van der Waals surface area contributed by atoms with Gasteiger partial charge in [-0.1, -0.05) is 12.8 Å².